The van der Waals surface area contributed by atoms with Crippen molar-refractivity contribution in [2.24, 2.45) is 0 Å². The summed E-state index contributed by atoms with van der Waals surface area (Å²) < 4.78 is 0. The van der Waals surface area contributed by atoms with Gasteiger partial charge in [-0.3, -0.25) is 14.6 Å². The Balaban J connectivity index is 1.75. The summed E-state index contributed by atoms with van der Waals surface area (Å²) in [6, 6.07) is 10.3. The van der Waals surface area contributed by atoms with Crippen LogP contribution in [0.4, 0.5) is 4.79 Å². The van der Waals surface area contributed by atoms with Gasteiger partial charge in [0.25, 0.3) is 0 Å². The van der Waals surface area contributed by atoms with Gasteiger partial charge in [-0.25, -0.2) is 4.79 Å². The third-order valence-electron chi connectivity index (χ3n) is 4.23. The standard InChI is InChI=1S/C16H21N3O2S/c1-12-15(13-5-3-2-4-6-13)18(9-10-22-12)11-14(20)19-8-7-17-16(19)21/h2-6,12,15H,7-11H2,1H3,(H,17,21)/t12-,15-/m0/s1. The normalized spacial score (nSPS) is 26.0. The number of carbonyl (C=O) groups excluding carboxylic acids is 2. The lowest BCUT2D eigenvalue weighted by Gasteiger charge is -2.39. The Kier molecular flexibility index (Phi) is 4.69. The highest BCUT2D eigenvalue weighted by molar-refractivity contribution is 8.00. The van der Waals surface area contributed by atoms with Crippen molar-refractivity contribution in [1.82, 2.24) is 15.1 Å². The van der Waals surface area contributed by atoms with Gasteiger partial charge in [0.1, 0.15) is 0 Å². The minimum Gasteiger partial charge on any atom is -0.336 e. The van der Waals surface area contributed by atoms with Crippen molar-refractivity contribution in [2.75, 3.05) is 31.9 Å². The Bertz CT molecular complexity index is 552. The first kappa shape index (κ1) is 15.4. The predicted octanol–water partition coefficient (Wildman–Crippen LogP) is 1.72. The van der Waals surface area contributed by atoms with Crippen molar-refractivity contribution in [1.29, 1.82) is 0 Å². The van der Waals surface area contributed by atoms with Gasteiger partial charge in [-0.1, -0.05) is 37.3 Å². The molecule has 2 heterocycles. The van der Waals surface area contributed by atoms with E-state index in [9.17, 15) is 9.59 Å². The van der Waals surface area contributed by atoms with E-state index in [1.54, 1.807) is 0 Å². The summed E-state index contributed by atoms with van der Waals surface area (Å²) in [5.41, 5.74) is 1.24. The molecule has 0 saturated carbocycles. The van der Waals surface area contributed by atoms with Crippen LogP contribution < -0.4 is 5.32 Å². The monoisotopic (exact) mass is 319 g/mol. The maximum Gasteiger partial charge on any atom is 0.324 e. The minimum absolute atomic E-state index is 0.102. The van der Waals surface area contributed by atoms with Crippen molar-refractivity contribution >= 4 is 23.7 Å². The fourth-order valence-corrected chi connectivity index (χ4v) is 4.38. The zero-order valence-electron chi connectivity index (χ0n) is 12.7. The number of carbonyl (C=O) groups is 2. The Morgan fingerprint density at radius 2 is 2.09 bits per heavy atom. The molecule has 0 spiro atoms. The van der Waals surface area contributed by atoms with E-state index >= 15 is 0 Å². The summed E-state index contributed by atoms with van der Waals surface area (Å²) in [6.45, 7) is 4.42. The van der Waals surface area contributed by atoms with Gasteiger partial charge in [-0.2, -0.15) is 11.8 Å². The van der Waals surface area contributed by atoms with Gasteiger partial charge in [-0.15, -0.1) is 0 Å². The maximum atomic E-state index is 12.4. The molecule has 3 amide bonds. The molecule has 118 valence electrons. The molecule has 6 heteroatoms. The van der Waals surface area contributed by atoms with Gasteiger partial charge in [-0.05, 0) is 5.56 Å². The number of benzene rings is 1. The molecule has 1 aromatic rings. The summed E-state index contributed by atoms with van der Waals surface area (Å²) in [7, 11) is 0. The summed E-state index contributed by atoms with van der Waals surface area (Å²) >= 11 is 1.94. The van der Waals surface area contributed by atoms with Crippen LogP contribution in [0.5, 0.6) is 0 Å². The quantitative estimate of drug-likeness (QED) is 0.922. The van der Waals surface area contributed by atoms with Crippen LogP contribution in [-0.2, 0) is 4.79 Å². The molecule has 2 aliphatic heterocycles. The van der Waals surface area contributed by atoms with Crippen molar-refractivity contribution in [3.8, 4) is 0 Å². The zero-order valence-corrected chi connectivity index (χ0v) is 13.5. The molecular formula is C16H21N3O2S. The van der Waals surface area contributed by atoms with Crippen LogP contribution in [0.25, 0.3) is 0 Å². The number of urea groups is 1. The van der Waals surface area contributed by atoms with Crippen LogP contribution in [-0.4, -0.2) is 58.9 Å². The minimum atomic E-state index is -0.263. The van der Waals surface area contributed by atoms with Gasteiger partial charge >= 0.3 is 6.03 Å². The zero-order chi connectivity index (χ0) is 15.5. The summed E-state index contributed by atoms with van der Waals surface area (Å²) in [6.07, 6.45) is 0. The molecule has 0 radical (unpaired) electrons. The Morgan fingerprint density at radius 3 is 2.77 bits per heavy atom. The van der Waals surface area contributed by atoms with Crippen LogP contribution >= 0.6 is 11.8 Å². The molecule has 1 N–H and O–H groups in total. The Hall–Kier alpha value is -1.53. The number of hydrogen-bond donors (Lipinski definition) is 1. The van der Waals surface area contributed by atoms with Crippen LogP contribution in [0.1, 0.15) is 18.5 Å². The van der Waals surface area contributed by atoms with E-state index in [1.807, 2.05) is 30.0 Å². The molecule has 2 aliphatic rings. The average Bonchev–Trinajstić information content (AvgIpc) is 2.94. The number of amides is 3. The highest BCUT2D eigenvalue weighted by Crippen LogP contribution is 2.35. The van der Waals surface area contributed by atoms with E-state index in [1.165, 1.54) is 10.5 Å². The van der Waals surface area contributed by atoms with Crippen LogP contribution in [0.3, 0.4) is 0 Å². The van der Waals surface area contributed by atoms with E-state index in [-0.39, 0.29) is 18.0 Å². The third-order valence-corrected chi connectivity index (χ3v) is 5.44. The van der Waals surface area contributed by atoms with E-state index in [0.717, 1.165) is 12.3 Å². The second-order valence-electron chi connectivity index (χ2n) is 5.68. The largest absolute Gasteiger partial charge is 0.336 e. The van der Waals surface area contributed by atoms with Crippen molar-refractivity contribution in [2.45, 2.75) is 18.2 Å². The molecule has 0 aromatic heterocycles. The molecule has 3 rings (SSSR count). The Morgan fingerprint density at radius 1 is 1.32 bits per heavy atom. The van der Waals surface area contributed by atoms with Gasteiger partial charge in [0, 0.05) is 36.7 Å². The van der Waals surface area contributed by atoms with E-state index in [2.05, 4.69) is 29.3 Å². The highest BCUT2D eigenvalue weighted by Gasteiger charge is 2.34. The number of nitrogens with zero attached hydrogens (tertiary/aromatic N) is 2. The molecule has 2 saturated heterocycles. The molecule has 0 unspecified atom stereocenters. The summed E-state index contributed by atoms with van der Waals surface area (Å²) in [5, 5.41) is 3.11. The fraction of sp³-hybridized carbons (Fsp3) is 0.500. The van der Waals surface area contributed by atoms with Gasteiger partial charge in [0.15, 0.2) is 0 Å². The lowest BCUT2D eigenvalue weighted by molar-refractivity contribution is -0.129. The highest BCUT2D eigenvalue weighted by atomic mass is 32.2. The molecule has 0 aliphatic carbocycles. The van der Waals surface area contributed by atoms with Crippen molar-refractivity contribution in [3.05, 3.63) is 35.9 Å². The second kappa shape index (κ2) is 6.71. The van der Waals surface area contributed by atoms with Crippen molar-refractivity contribution in [3.63, 3.8) is 0 Å². The first-order valence-electron chi connectivity index (χ1n) is 7.65. The molecule has 2 fully saturated rings. The molecule has 22 heavy (non-hydrogen) atoms. The number of hydrogen-bond acceptors (Lipinski definition) is 4. The maximum absolute atomic E-state index is 12.4. The van der Waals surface area contributed by atoms with Crippen LogP contribution in [0.2, 0.25) is 0 Å². The van der Waals surface area contributed by atoms with E-state index in [0.29, 0.717) is 24.9 Å². The number of nitrogens with one attached hydrogen (secondary N) is 1. The van der Waals surface area contributed by atoms with Gasteiger partial charge in [0.2, 0.25) is 5.91 Å². The summed E-state index contributed by atoms with van der Waals surface area (Å²) in [5.74, 6) is 0.916. The molecule has 2 atom stereocenters. The number of thioether (sulfide) groups is 1. The van der Waals surface area contributed by atoms with Crippen LogP contribution in [0, 0.1) is 0 Å². The topological polar surface area (TPSA) is 52.7 Å². The van der Waals surface area contributed by atoms with Gasteiger partial charge in [0.05, 0.1) is 6.54 Å². The van der Waals surface area contributed by atoms with E-state index in [4.69, 9.17) is 0 Å². The fourth-order valence-electron chi connectivity index (χ4n) is 3.16. The lowest BCUT2D eigenvalue weighted by atomic mass is 10.0. The SMILES string of the molecule is C[C@@H]1SCCN(CC(=O)N2CCNC2=O)[C@@H]1c1ccccc1. The van der Waals surface area contributed by atoms with Crippen LogP contribution in [0.15, 0.2) is 30.3 Å². The predicted molar refractivity (Wildman–Crippen MR) is 87.8 cm³/mol. The molecule has 5 nitrogen and oxygen atoms in total. The number of rotatable bonds is 3. The average molecular weight is 319 g/mol. The summed E-state index contributed by atoms with van der Waals surface area (Å²) in [4.78, 5) is 27.6. The van der Waals surface area contributed by atoms with Crippen molar-refractivity contribution < 1.29 is 9.59 Å². The number of imide groups is 1. The van der Waals surface area contributed by atoms with E-state index < -0.39 is 0 Å². The lowest BCUT2D eigenvalue weighted by Crippen LogP contribution is -2.47. The molecule has 1 aromatic carbocycles. The molecular weight excluding hydrogens is 298 g/mol. The third kappa shape index (κ3) is 3.13. The smallest absolute Gasteiger partial charge is 0.324 e. The second-order valence-corrected chi connectivity index (χ2v) is 7.16. The van der Waals surface area contributed by atoms with Gasteiger partial charge < -0.3 is 5.32 Å². The first-order valence-corrected chi connectivity index (χ1v) is 8.70. The first-order chi connectivity index (χ1) is 10.7. The molecule has 0 bridgehead atoms. The Labute approximate surface area is 135 Å².